The second-order valence-electron chi connectivity index (χ2n) is 3.52. The number of carbonyl (C=O) groups excluding carboxylic acids is 2. The zero-order valence-electron chi connectivity index (χ0n) is 8.54. The highest BCUT2D eigenvalue weighted by Gasteiger charge is 2.03. The Morgan fingerprint density at radius 1 is 1.43 bits per heavy atom. The lowest BCUT2D eigenvalue weighted by Crippen LogP contribution is -1.98. The minimum Gasteiger partial charge on any atom is -0.300 e. The van der Waals surface area contributed by atoms with Crippen LogP contribution in [0.4, 0.5) is 0 Å². The molecule has 0 aromatic heterocycles. The van der Waals surface area contributed by atoms with Crippen molar-refractivity contribution in [3.05, 3.63) is 34.9 Å². The van der Waals surface area contributed by atoms with E-state index < -0.39 is 0 Å². The molecule has 0 spiro atoms. The molecule has 0 unspecified atom stereocenters. The van der Waals surface area contributed by atoms with Gasteiger partial charge >= 0.3 is 0 Å². The number of hydrogen-bond donors (Lipinski definition) is 0. The molecule has 0 fully saturated rings. The van der Waals surface area contributed by atoms with Gasteiger partial charge in [-0.05, 0) is 25.8 Å². The van der Waals surface area contributed by atoms with Gasteiger partial charge in [0.15, 0.2) is 0 Å². The quantitative estimate of drug-likeness (QED) is 0.683. The van der Waals surface area contributed by atoms with Gasteiger partial charge in [-0.3, -0.25) is 4.79 Å². The highest BCUT2D eigenvalue weighted by atomic mass is 16.1. The highest BCUT2D eigenvalue weighted by molar-refractivity contribution is 5.79. The SMILES string of the molecule is CC(=O)CCc1cc(C)ccc1C=O. The number of benzene rings is 1. The van der Waals surface area contributed by atoms with Crippen LogP contribution in [0, 0.1) is 6.92 Å². The summed E-state index contributed by atoms with van der Waals surface area (Å²) in [5, 5.41) is 0. The van der Waals surface area contributed by atoms with Gasteiger partial charge in [-0.2, -0.15) is 0 Å². The maximum atomic E-state index is 10.8. The molecular formula is C12H14O2. The Kier molecular flexibility index (Phi) is 3.57. The first-order valence-corrected chi connectivity index (χ1v) is 4.67. The van der Waals surface area contributed by atoms with Gasteiger partial charge in [0.2, 0.25) is 0 Å². The largest absolute Gasteiger partial charge is 0.300 e. The van der Waals surface area contributed by atoms with E-state index in [1.54, 1.807) is 13.0 Å². The minimum absolute atomic E-state index is 0.156. The summed E-state index contributed by atoms with van der Waals surface area (Å²) in [7, 11) is 0. The lowest BCUT2D eigenvalue weighted by molar-refractivity contribution is -0.116. The summed E-state index contributed by atoms with van der Waals surface area (Å²) in [5.41, 5.74) is 2.78. The summed E-state index contributed by atoms with van der Waals surface area (Å²) >= 11 is 0. The van der Waals surface area contributed by atoms with Crippen LogP contribution in [0.5, 0.6) is 0 Å². The summed E-state index contributed by atoms with van der Waals surface area (Å²) in [6, 6.07) is 5.67. The molecule has 0 saturated carbocycles. The van der Waals surface area contributed by atoms with E-state index in [1.807, 2.05) is 19.1 Å². The van der Waals surface area contributed by atoms with Crippen LogP contribution in [-0.2, 0) is 11.2 Å². The first kappa shape index (κ1) is 10.6. The summed E-state index contributed by atoms with van der Waals surface area (Å²) in [6.45, 7) is 3.54. The predicted octanol–water partition coefficient (Wildman–Crippen LogP) is 2.33. The fourth-order valence-corrected chi connectivity index (χ4v) is 1.38. The Bertz CT molecular complexity index is 353. The van der Waals surface area contributed by atoms with Gasteiger partial charge in [-0.1, -0.05) is 23.8 Å². The fourth-order valence-electron chi connectivity index (χ4n) is 1.38. The summed E-state index contributed by atoms with van der Waals surface area (Å²) in [6.07, 6.45) is 2.00. The van der Waals surface area contributed by atoms with E-state index in [1.165, 1.54) is 0 Å². The number of Topliss-reactive ketones (excluding diaryl/α,β-unsaturated/α-hetero) is 1. The Labute approximate surface area is 83.9 Å². The van der Waals surface area contributed by atoms with Crippen LogP contribution in [0.1, 0.15) is 34.8 Å². The van der Waals surface area contributed by atoms with Gasteiger partial charge in [0.25, 0.3) is 0 Å². The second-order valence-corrected chi connectivity index (χ2v) is 3.52. The van der Waals surface area contributed by atoms with Crippen molar-refractivity contribution in [2.45, 2.75) is 26.7 Å². The van der Waals surface area contributed by atoms with Crippen LogP contribution >= 0.6 is 0 Å². The van der Waals surface area contributed by atoms with Crippen LogP contribution in [0.15, 0.2) is 18.2 Å². The molecule has 0 aliphatic carbocycles. The van der Waals surface area contributed by atoms with Crippen molar-refractivity contribution in [2.75, 3.05) is 0 Å². The van der Waals surface area contributed by atoms with Gasteiger partial charge in [0.1, 0.15) is 12.1 Å². The molecule has 1 rings (SSSR count). The lowest BCUT2D eigenvalue weighted by atomic mass is 10.0. The first-order chi connectivity index (χ1) is 6.63. The third-order valence-electron chi connectivity index (χ3n) is 2.17. The molecule has 1 aromatic carbocycles. The van der Waals surface area contributed by atoms with Crippen molar-refractivity contribution in [1.82, 2.24) is 0 Å². The number of hydrogen-bond acceptors (Lipinski definition) is 2. The van der Waals surface area contributed by atoms with Crippen molar-refractivity contribution < 1.29 is 9.59 Å². The van der Waals surface area contributed by atoms with Crippen LogP contribution in [0.25, 0.3) is 0 Å². The fraction of sp³-hybridized carbons (Fsp3) is 0.333. The maximum absolute atomic E-state index is 10.8. The highest BCUT2D eigenvalue weighted by Crippen LogP contribution is 2.12. The minimum atomic E-state index is 0.156. The Hall–Kier alpha value is -1.44. The molecule has 0 atom stereocenters. The van der Waals surface area contributed by atoms with Gasteiger partial charge in [0, 0.05) is 12.0 Å². The molecule has 0 saturated heterocycles. The molecule has 0 N–H and O–H groups in total. The Morgan fingerprint density at radius 2 is 2.14 bits per heavy atom. The molecular weight excluding hydrogens is 176 g/mol. The number of aldehydes is 1. The maximum Gasteiger partial charge on any atom is 0.150 e. The van der Waals surface area contributed by atoms with Crippen molar-refractivity contribution >= 4 is 12.1 Å². The number of aryl methyl sites for hydroxylation is 2. The van der Waals surface area contributed by atoms with Gasteiger partial charge in [-0.15, -0.1) is 0 Å². The summed E-state index contributed by atoms with van der Waals surface area (Å²) in [4.78, 5) is 21.5. The zero-order chi connectivity index (χ0) is 10.6. The van der Waals surface area contributed by atoms with Crippen molar-refractivity contribution in [3.8, 4) is 0 Å². The molecule has 74 valence electrons. The van der Waals surface area contributed by atoms with E-state index in [0.717, 1.165) is 17.4 Å². The van der Waals surface area contributed by atoms with Gasteiger partial charge < -0.3 is 4.79 Å². The molecule has 0 amide bonds. The molecule has 0 bridgehead atoms. The molecule has 2 heteroatoms. The van der Waals surface area contributed by atoms with E-state index in [-0.39, 0.29) is 5.78 Å². The van der Waals surface area contributed by atoms with E-state index in [2.05, 4.69) is 0 Å². The first-order valence-electron chi connectivity index (χ1n) is 4.67. The molecule has 0 aliphatic heterocycles. The molecule has 1 aromatic rings. The van der Waals surface area contributed by atoms with Crippen molar-refractivity contribution in [1.29, 1.82) is 0 Å². The van der Waals surface area contributed by atoms with Crippen molar-refractivity contribution in [2.24, 2.45) is 0 Å². The molecule has 2 nitrogen and oxygen atoms in total. The standard InChI is InChI=1S/C12H14O2/c1-9-3-5-12(8-13)11(7-9)6-4-10(2)14/h3,5,7-8H,4,6H2,1-2H3. The van der Waals surface area contributed by atoms with E-state index in [0.29, 0.717) is 18.4 Å². The monoisotopic (exact) mass is 190 g/mol. The van der Waals surface area contributed by atoms with E-state index in [4.69, 9.17) is 0 Å². The Balaban J connectivity index is 2.87. The number of carbonyl (C=O) groups is 2. The molecule has 0 aliphatic rings. The van der Waals surface area contributed by atoms with Crippen LogP contribution < -0.4 is 0 Å². The van der Waals surface area contributed by atoms with E-state index >= 15 is 0 Å². The molecule has 14 heavy (non-hydrogen) atoms. The number of rotatable bonds is 4. The topological polar surface area (TPSA) is 34.1 Å². The number of ketones is 1. The average Bonchev–Trinajstić information content (AvgIpc) is 2.15. The smallest absolute Gasteiger partial charge is 0.150 e. The third-order valence-corrected chi connectivity index (χ3v) is 2.17. The average molecular weight is 190 g/mol. The summed E-state index contributed by atoms with van der Waals surface area (Å²) in [5.74, 6) is 0.156. The van der Waals surface area contributed by atoms with Crippen molar-refractivity contribution in [3.63, 3.8) is 0 Å². The lowest BCUT2D eigenvalue weighted by Gasteiger charge is -2.04. The summed E-state index contributed by atoms with van der Waals surface area (Å²) < 4.78 is 0. The second kappa shape index (κ2) is 4.70. The third kappa shape index (κ3) is 2.80. The molecule has 0 radical (unpaired) electrons. The zero-order valence-corrected chi connectivity index (χ0v) is 8.54. The van der Waals surface area contributed by atoms with Crippen LogP contribution in [0.2, 0.25) is 0 Å². The Morgan fingerprint density at radius 3 is 2.71 bits per heavy atom. The van der Waals surface area contributed by atoms with Gasteiger partial charge in [0.05, 0.1) is 0 Å². The normalized spacial score (nSPS) is 9.86. The predicted molar refractivity (Wildman–Crippen MR) is 55.6 cm³/mol. The van der Waals surface area contributed by atoms with E-state index in [9.17, 15) is 9.59 Å². The van der Waals surface area contributed by atoms with Crippen LogP contribution in [0.3, 0.4) is 0 Å². The van der Waals surface area contributed by atoms with Crippen LogP contribution in [-0.4, -0.2) is 12.1 Å². The molecule has 0 heterocycles. The van der Waals surface area contributed by atoms with Gasteiger partial charge in [-0.25, -0.2) is 0 Å².